The summed E-state index contributed by atoms with van der Waals surface area (Å²) in [6.45, 7) is 6.86. The van der Waals surface area contributed by atoms with E-state index in [2.05, 4.69) is 20.8 Å². The first-order chi connectivity index (χ1) is 11.1. The van der Waals surface area contributed by atoms with Gasteiger partial charge in [-0.2, -0.15) is 0 Å². The molecule has 0 aromatic heterocycles. The second kappa shape index (κ2) is 15.8. The van der Waals surface area contributed by atoms with Gasteiger partial charge in [-0.15, -0.1) is 0 Å². The second-order valence-corrected chi connectivity index (χ2v) is 6.18. The zero-order valence-electron chi connectivity index (χ0n) is 15.4. The summed E-state index contributed by atoms with van der Waals surface area (Å²) in [5, 5.41) is 0. The zero-order chi connectivity index (χ0) is 17.3. The Hall–Kier alpha value is -1.06. The van der Waals surface area contributed by atoms with E-state index in [0.29, 0.717) is 19.4 Å². The minimum atomic E-state index is -0.122. The molecule has 0 saturated heterocycles. The highest BCUT2D eigenvalue weighted by molar-refractivity contribution is 5.70. The first-order valence-electron chi connectivity index (χ1n) is 9.49. The Morgan fingerprint density at radius 1 is 0.739 bits per heavy atom. The Labute approximate surface area is 142 Å². The van der Waals surface area contributed by atoms with Crippen molar-refractivity contribution in [3.05, 3.63) is 0 Å². The standard InChI is InChI=1S/C19H36O4/c1-4-7-13-17(12-6-3)23-19(21)15-11-9-10-14-18(20)22-16-8-5-2/h17H,4-16H2,1-3H3. The molecule has 0 rings (SSSR count). The molecule has 4 heteroatoms. The number of esters is 2. The highest BCUT2D eigenvalue weighted by atomic mass is 16.5. The number of carbonyl (C=O) groups excluding carboxylic acids is 2. The van der Waals surface area contributed by atoms with Crippen LogP contribution in [0.2, 0.25) is 0 Å². The molecule has 0 radical (unpaired) electrons. The molecule has 0 aromatic rings. The van der Waals surface area contributed by atoms with Gasteiger partial charge in [0, 0.05) is 12.8 Å². The highest BCUT2D eigenvalue weighted by Gasteiger charge is 2.13. The van der Waals surface area contributed by atoms with Crippen LogP contribution in [-0.2, 0) is 19.1 Å². The fourth-order valence-electron chi connectivity index (χ4n) is 2.38. The molecular weight excluding hydrogens is 292 g/mol. The van der Waals surface area contributed by atoms with E-state index in [9.17, 15) is 9.59 Å². The van der Waals surface area contributed by atoms with Crippen molar-refractivity contribution >= 4 is 11.9 Å². The van der Waals surface area contributed by atoms with Crippen LogP contribution in [0.15, 0.2) is 0 Å². The molecule has 0 bridgehead atoms. The molecule has 0 amide bonds. The van der Waals surface area contributed by atoms with Gasteiger partial charge in [0.2, 0.25) is 0 Å². The molecule has 0 aliphatic heterocycles. The van der Waals surface area contributed by atoms with Gasteiger partial charge < -0.3 is 9.47 Å². The number of hydrogen-bond acceptors (Lipinski definition) is 4. The van der Waals surface area contributed by atoms with Crippen LogP contribution in [0, 0.1) is 0 Å². The van der Waals surface area contributed by atoms with E-state index >= 15 is 0 Å². The lowest BCUT2D eigenvalue weighted by molar-refractivity contribution is -0.150. The molecule has 0 aliphatic carbocycles. The van der Waals surface area contributed by atoms with Crippen molar-refractivity contribution in [1.82, 2.24) is 0 Å². The van der Waals surface area contributed by atoms with Crippen molar-refractivity contribution in [2.75, 3.05) is 6.61 Å². The van der Waals surface area contributed by atoms with Gasteiger partial charge in [-0.05, 0) is 32.1 Å². The minimum absolute atomic E-state index is 0.0843. The average Bonchev–Trinajstić information content (AvgIpc) is 2.52. The third kappa shape index (κ3) is 14.3. The van der Waals surface area contributed by atoms with Gasteiger partial charge >= 0.3 is 11.9 Å². The molecule has 0 fully saturated rings. The number of carbonyl (C=O) groups is 2. The lowest BCUT2D eigenvalue weighted by Gasteiger charge is -2.17. The van der Waals surface area contributed by atoms with Crippen molar-refractivity contribution in [3.8, 4) is 0 Å². The predicted molar refractivity (Wildman–Crippen MR) is 93.3 cm³/mol. The molecule has 1 atom stereocenters. The second-order valence-electron chi connectivity index (χ2n) is 6.18. The minimum Gasteiger partial charge on any atom is -0.466 e. The number of rotatable bonds is 15. The van der Waals surface area contributed by atoms with E-state index in [0.717, 1.165) is 64.2 Å². The summed E-state index contributed by atoms with van der Waals surface area (Å²) in [5.74, 6) is -0.214. The summed E-state index contributed by atoms with van der Waals surface area (Å²) >= 11 is 0. The van der Waals surface area contributed by atoms with Crippen molar-refractivity contribution in [1.29, 1.82) is 0 Å². The normalized spacial score (nSPS) is 12.0. The molecular formula is C19H36O4. The van der Waals surface area contributed by atoms with Crippen molar-refractivity contribution in [2.24, 2.45) is 0 Å². The summed E-state index contributed by atoms with van der Waals surface area (Å²) in [5.41, 5.74) is 0. The lowest BCUT2D eigenvalue weighted by Crippen LogP contribution is -2.18. The van der Waals surface area contributed by atoms with Crippen LogP contribution in [0.4, 0.5) is 0 Å². The van der Waals surface area contributed by atoms with Crippen LogP contribution in [0.3, 0.4) is 0 Å². The van der Waals surface area contributed by atoms with E-state index in [1.807, 2.05) is 0 Å². The van der Waals surface area contributed by atoms with Gasteiger partial charge in [0.05, 0.1) is 6.61 Å². The monoisotopic (exact) mass is 328 g/mol. The summed E-state index contributed by atoms with van der Waals surface area (Å²) < 4.78 is 10.7. The molecule has 23 heavy (non-hydrogen) atoms. The molecule has 0 N–H and O–H groups in total. The van der Waals surface area contributed by atoms with E-state index in [1.54, 1.807) is 0 Å². The topological polar surface area (TPSA) is 52.6 Å². The number of ether oxygens (including phenoxy) is 2. The number of unbranched alkanes of at least 4 members (excludes halogenated alkanes) is 4. The van der Waals surface area contributed by atoms with E-state index < -0.39 is 0 Å². The average molecular weight is 328 g/mol. The Morgan fingerprint density at radius 3 is 2.00 bits per heavy atom. The molecule has 0 saturated carbocycles. The van der Waals surface area contributed by atoms with Crippen LogP contribution >= 0.6 is 0 Å². The third-order valence-electron chi connectivity index (χ3n) is 3.81. The van der Waals surface area contributed by atoms with Crippen molar-refractivity contribution in [3.63, 3.8) is 0 Å². The summed E-state index contributed by atoms with van der Waals surface area (Å²) in [6, 6.07) is 0. The molecule has 0 aliphatic rings. The first-order valence-corrected chi connectivity index (χ1v) is 9.49. The zero-order valence-corrected chi connectivity index (χ0v) is 15.4. The van der Waals surface area contributed by atoms with Crippen LogP contribution in [-0.4, -0.2) is 24.6 Å². The maximum Gasteiger partial charge on any atom is 0.306 e. The SMILES string of the molecule is CCCCOC(=O)CCCCCC(=O)OC(CCC)CCCC. The van der Waals surface area contributed by atoms with Crippen LogP contribution in [0.1, 0.15) is 97.8 Å². The Bertz CT molecular complexity index is 302. The molecule has 1 unspecified atom stereocenters. The third-order valence-corrected chi connectivity index (χ3v) is 3.81. The molecule has 0 spiro atoms. The van der Waals surface area contributed by atoms with Crippen LogP contribution < -0.4 is 0 Å². The molecule has 0 heterocycles. The first kappa shape index (κ1) is 21.9. The quantitative estimate of drug-likeness (QED) is 0.307. The van der Waals surface area contributed by atoms with E-state index in [4.69, 9.17) is 9.47 Å². The van der Waals surface area contributed by atoms with E-state index in [-0.39, 0.29) is 18.0 Å². The van der Waals surface area contributed by atoms with Gasteiger partial charge in [-0.25, -0.2) is 0 Å². The summed E-state index contributed by atoms with van der Waals surface area (Å²) in [6.07, 6.45) is 10.6. The van der Waals surface area contributed by atoms with Gasteiger partial charge in [0.1, 0.15) is 6.10 Å². The largest absolute Gasteiger partial charge is 0.466 e. The molecule has 136 valence electrons. The predicted octanol–water partition coefficient (Wildman–Crippen LogP) is 5.18. The Kier molecular flexibility index (Phi) is 15.1. The maximum absolute atomic E-state index is 11.8. The Morgan fingerprint density at radius 2 is 1.39 bits per heavy atom. The highest BCUT2D eigenvalue weighted by Crippen LogP contribution is 2.13. The van der Waals surface area contributed by atoms with Gasteiger partial charge in [0.25, 0.3) is 0 Å². The van der Waals surface area contributed by atoms with Crippen molar-refractivity contribution in [2.45, 2.75) is 104 Å². The molecule has 4 nitrogen and oxygen atoms in total. The van der Waals surface area contributed by atoms with Crippen molar-refractivity contribution < 1.29 is 19.1 Å². The fourth-order valence-corrected chi connectivity index (χ4v) is 2.38. The summed E-state index contributed by atoms with van der Waals surface area (Å²) in [7, 11) is 0. The van der Waals surface area contributed by atoms with Gasteiger partial charge in [0.15, 0.2) is 0 Å². The molecule has 0 aromatic carbocycles. The summed E-state index contributed by atoms with van der Waals surface area (Å²) in [4.78, 5) is 23.3. The lowest BCUT2D eigenvalue weighted by atomic mass is 10.1. The Balaban J connectivity index is 3.66. The maximum atomic E-state index is 11.8. The van der Waals surface area contributed by atoms with Gasteiger partial charge in [-0.3, -0.25) is 9.59 Å². The van der Waals surface area contributed by atoms with Crippen LogP contribution in [0.5, 0.6) is 0 Å². The number of hydrogen-bond donors (Lipinski definition) is 0. The van der Waals surface area contributed by atoms with Gasteiger partial charge in [-0.1, -0.05) is 52.9 Å². The van der Waals surface area contributed by atoms with E-state index in [1.165, 1.54) is 0 Å². The van der Waals surface area contributed by atoms with Crippen LogP contribution in [0.25, 0.3) is 0 Å². The smallest absolute Gasteiger partial charge is 0.306 e. The fraction of sp³-hybridized carbons (Fsp3) is 0.895.